The second kappa shape index (κ2) is 9.92. The van der Waals surface area contributed by atoms with Crippen LogP contribution in [-0.2, 0) is 16.1 Å². The highest BCUT2D eigenvalue weighted by Gasteiger charge is 2.36. The Morgan fingerprint density at radius 1 is 1.09 bits per heavy atom. The number of nitrogens with zero attached hydrogens (tertiary/aromatic N) is 2. The van der Waals surface area contributed by atoms with Crippen LogP contribution in [0.4, 0.5) is 11.4 Å². The minimum atomic E-state index is -0.517. The molecule has 1 aliphatic heterocycles. The average Bonchev–Trinajstić information content (AvgIpc) is 3.20. The Morgan fingerprint density at radius 2 is 1.85 bits per heavy atom. The monoisotopic (exact) mass is 465 g/mol. The topological polar surface area (TPSA) is 80.6 Å². The van der Waals surface area contributed by atoms with E-state index in [1.165, 1.54) is 10.6 Å². The van der Waals surface area contributed by atoms with Crippen molar-refractivity contribution in [3.8, 4) is 5.75 Å². The Hall–Kier alpha value is -3.58. The van der Waals surface area contributed by atoms with Gasteiger partial charge in [0, 0.05) is 30.3 Å². The Labute approximate surface area is 196 Å². The lowest BCUT2D eigenvalue weighted by atomic mass is 10.1. The summed E-state index contributed by atoms with van der Waals surface area (Å²) >= 11 is 6.21. The van der Waals surface area contributed by atoms with E-state index in [9.17, 15) is 14.4 Å². The van der Waals surface area contributed by atoms with Gasteiger partial charge in [0.05, 0.1) is 30.4 Å². The van der Waals surface area contributed by atoms with Crippen LogP contribution in [0, 0.1) is 5.92 Å². The Bertz CT molecular complexity index is 1240. The number of amides is 2. The van der Waals surface area contributed by atoms with Crippen LogP contribution in [0.15, 0.2) is 71.7 Å². The van der Waals surface area contributed by atoms with E-state index in [1.54, 1.807) is 23.2 Å². The molecule has 170 valence electrons. The van der Waals surface area contributed by atoms with Gasteiger partial charge in [-0.05, 0) is 36.8 Å². The first-order valence-corrected chi connectivity index (χ1v) is 11.1. The molecule has 8 heteroatoms. The minimum Gasteiger partial charge on any atom is -0.492 e. The molecule has 1 fully saturated rings. The maximum Gasteiger partial charge on any atom is 0.250 e. The molecule has 1 aromatic heterocycles. The van der Waals surface area contributed by atoms with Gasteiger partial charge in [-0.1, -0.05) is 41.9 Å². The summed E-state index contributed by atoms with van der Waals surface area (Å²) in [5.74, 6) is -0.314. The number of nitrogens with one attached hydrogen (secondary N) is 1. The summed E-state index contributed by atoms with van der Waals surface area (Å²) < 4.78 is 7.12. The molecule has 3 aromatic rings. The van der Waals surface area contributed by atoms with E-state index < -0.39 is 5.92 Å². The largest absolute Gasteiger partial charge is 0.492 e. The molecule has 2 amide bonds. The minimum absolute atomic E-state index is 0.103. The van der Waals surface area contributed by atoms with E-state index in [0.29, 0.717) is 28.8 Å². The molecule has 0 saturated carbocycles. The van der Waals surface area contributed by atoms with E-state index in [-0.39, 0.29) is 36.9 Å². The van der Waals surface area contributed by atoms with Gasteiger partial charge in [-0.15, -0.1) is 0 Å². The van der Waals surface area contributed by atoms with Crippen molar-refractivity contribution in [1.29, 1.82) is 0 Å². The van der Waals surface area contributed by atoms with Crippen LogP contribution >= 0.6 is 11.6 Å². The molecule has 4 rings (SSSR count). The van der Waals surface area contributed by atoms with Gasteiger partial charge in [-0.3, -0.25) is 14.4 Å². The highest BCUT2D eigenvalue weighted by molar-refractivity contribution is 6.31. The number of para-hydroxylation sites is 2. The summed E-state index contributed by atoms with van der Waals surface area (Å²) in [5, 5.41) is 3.41. The van der Waals surface area contributed by atoms with E-state index >= 15 is 0 Å². The van der Waals surface area contributed by atoms with E-state index in [4.69, 9.17) is 16.3 Å². The van der Waals surface area contributed by atoms with Crippen molar-refractivity contribution in [1.82, 2.24) is 4.57 Å². The summed E-state index contributed by atoms with van der Waals surface area (Å²) in [5.41, 5.74) is 1.73. The zero-order chi connectivity index (χ0) is 23.4. The molecule has 7 nitrogen and oxygen atoms in total. The van der Waals surface area contributed by atoms with Crippen LogP contribution in [0.1, 0.15) is 18.9 Å². The Balaban J connectivity index is 1.47. The molecule has 1 unspecified atom stereocenters. The molecule has 1 atom stereocenters. The third kappa shape index (κ3) is 5.09. The highest BCUT2D eigenvalue weighted by atomic mass is 35.5. The normalized spacial score (nSPS) is 15.5. The maximum absolute atomic E-state index is 12.9. The van der Waals surface area contributed by atoms with Crippen molar-refractivity contribution < 1.29 is 14.3 Å². The molecule has 1 aliphatic rings. The summed E-state index contributed by atoms with van der Waals surface area (Å²) in [6, 6.07) is 17.5. The number of ether oxygens (including phenoxy) is 1. The number of rotatable bonds is 7. The lowest BCUT2D eigenvalue weighted by Crippen LogP contribution is -2.29. The summed E-state index contributed by atoms with van der Waals surface area (Å²) in [6.07, 6.45) is 1.69. The number of carbonyl (C=O) groups is 2. The molecular weight excluding hydrogens is 442 g/mol. The van der Waals surface area contributed by atoms with Gasteiger partial charge in [-0.25, -0.2) is 0 Å². The fourth-order valence-corrected chi connectivity index (χ4v) is 4.05. The molecule has 33 heavy (non-hydrogen) atoms. The fraction of sp³-hybridized carbons (Fsp3) is 0.240. The number of anilines is 2. The van der Waals surface area contributed by atoms with Crippen molar-refractivity contribution >= 4 is 34.8 Å². The van der Waals surface area contributed by atoms with Gasteiger partial charge in [0.25, 0.3) is 5.56 Å². The lowest BCUT2D eigenvalue weighted by molar-refractivity contribution is -0.122. The standard InChI is InChI=1S/C25H24ClN3O4/c1-2-33-22-10-6-5-9-21(22)29-15-18(13-24(29)31)25(32)27-19-11-12-23(30)28(16-19)14-17-7-3-4-8-20(17)26/h3-12,16,18H,2,13-15H2,1H3,(H,27,32). The molecule has 0 spiro atoms. The predicted octanol–water partition coefficient (Wildman–Crippen LogP) is 3.94. The molecule has 0 bridgehead atoms. The SMILES string of the molecule is CCOc1ccccc1N1CC(C(=O)Nc2ccc(=O)n(Cc3ccccc3Cl)c2)CC1=O. The van der Waals surface area contributed by atoms with Crippen molar-refractivity contribution in [2.75, 3.05) is 23.4 Å². The molecule has 1 N–H and O–H groups in total. The number of halogens is 1. The van der Waals surface area contributed by atoms with Crippen molar-refractivity contribution in [2.45, 2.75) is 19.9 Å². The van der Waals surface area contributed by atoms with Crippen LogP contribution in [0.3, 0.4) is 0 Å². The maximum atomic E-state index is 12.9. The first kappa shape index (κ1) is 22.6. The molecular formula is C25H24ClN3O4. The number of carbonyl (C=O) groups excluding carboxylic acids is 2. The average molecular weight is 466 g/mol. The molecule has 2 aromatic carbocycles. The smallest absolute Gasteiger partial charge is 0.250 e. The van der Waals surface area contributed by atoms with Gasteiger partial charge in [0.15, 0.2) is 0 Å². The van der Waals surface area contributed by atoms with Crippen LogP contribution in [0.25, 0.3) is 0 Å². The third-order valence-electron chi connectivity index (χ3n) is 5.50. The molecule has 1 saturated heterocycles. The first-order valence-electron chi connectivity index (χ1n) is 10.7. The van der Waals surface area contributed by atoms with Crippen LogP contribution in [-0.4, -0.2) is 29.5 Å². The number of hydrogen-bond acceptors (Lipinski definition) is 4. The van der Waals surface area contributed by atoms with Crippen molar-refractivity contribution in [3.05, 3.63) is 87.8 Å². The van der Waals surface area contributed by atoms with Gasteiger partial charge < -0.3 is 19.5 Å². The second-order valence-electron chi connectivity index (χ2n) is 7.77. The fourth-order valence-electron chi connectivity index (χ4n) is 3.86. The van der Waals surface area contributed by atoms with E-state index in [0.717, 1.165) is 5.56 Å². The van der Waals surface area contributed by atoms with E-state index in [1.807, 2.05) is 49.4 Å². The van der Waals surface area contributed by atoms with Crippen molar-refractivity contribution in [3.63, 3.8) is 0 Å². The first-order chi connectivity index (χ1) is 16.0. The number of hydrogen-bond donors (Lipinski definition) is 1. The van der Waals surface area contributed by atoms with Gasteiger partial charge >= 0.3 is 0 Å². The zero-order valence-corrected chi connectivity index (χ0v) is 18.9. The lowest BCUT2D eigenvalue weighted by Gasteiger charge is -2.20. The van der Waals surface area contributed by atoms with Gasteiger partial charge in [-0.2, -0.15) is 0 Å². The summed E-state index contributed by atoms with van der Waals surface area (Å²) in [7, 11) is 0. The predicted molar refractivity (Wildman–Crippen MR) is 128 cm³/mol. The van der Waals surface area contributed by atoms with Crippen molar-refractivity contribution in [2.24, 2.45) is 5.92 Å². The Kier molecular flexibility index (Phi) is 6.79. The summed E-state index contributed by atoms with van der Waals surface area (Å²) in [4.78, 5) is 39.5. The Morgan fingerprint density at radius 3 is 2.64 bits per heavy atom. The molecule has 0 radical (unpaired) electrons. The molecule has 0 aliphatic carbocycles. The third-order valence-corrected chi connectivity index (χ3v) is 5.87. The van der Waals surface area contributed by atoms with Crippen LogP contribution in [0.5, 0.6) is 5.75 Å². The second-order valence-corrected chi connectivity index (χ2v) is 8.18. The zero-order valence-electron chi connectivity index (χ0n) is 18.2. The van der Waals surface area contributed by atoms with E-state index in [2.05, 4.69) is 5.32 Å². The molecule has 2 heterocycles. The van der Waals surface area contributed by atoms with Crippen LogP contribution < -0.4 is 20.5 Å². The quantitative estimate of drug-likeness (QED) is 0.573. The number of pyridine rings is 1. The number of benzene rings is 2. The van der Waals surface area contributed by atoms with Gasteiger partial charge in [0.1, 0.15) is 5.75 Å². The van der Waals surface area contributed by atoms with Crippen LogP contribution in [0.2, 0.25) is 5.02 Å². The van der Waals surface area contributed by atoms with Gasteiger partial charge in [0.2, 0.25) is 11.8 Å². The summed E-state index contributed by atoms with van der Waals surface area (Å²) in [6.45, 7) is 2.90. The number of aromatic nitrogens is 1. The highest BCUT2D eigenvalue weighted by Crippen LogP contribution is 2.33.